The molecule has 0 saturated carbocycles. The van der Waals surface area contributed by atoms with Crippen molar-refractivity contribution >= 4 is 21.6 Å². The van der Waals surface area contributed by atoms with Gasteiger partial charge in [0.05, 0.1) is 17.3 Å². The van der Waals surface area contributed by atoms with Crippen LogP contribution in [0, 0.1) is 0 Å². The summed E-state index contributed by atoms with van der Waals surface area (Å²) in [5.74, 6) is 1.02. The van der Waals surface area contributed by atoms with E-state index in [0.717, 1.165) is 0 Å². The van der Waals surface area contributed by atoms with Gasteiger partial charge in [-0.3, -0.25) is 9.48 Å². The molecule has 0 radical (unpaired) electrons. The molecule has 2 N–H and O–H groups in total. The zero-order chi connectivity index (χ0) is 23.3. The van der Waals surface area contributed by atoms with Crippen LogP contribution in [0.15, 0.2) is 59.6 Å². The molecular weight excluding hydrogens is 434 g/mol. The van der Waals surface area contributed by atoms with Crippen LogP contribution in [0.4, 0.5) is 5.82 Å². The largest absolute Gasteiger partial charge is 0.488 e. The highest BCUT2D eigenvalue weighted by molar-refractivity contribution is 7.91. The van der Waals surface area contributed by atoms with E-state index < -0.39 is 21.8 Å². The molecule has 1 heterocycles. The van der Waals surface area contributed by atoms with Crippen molar-refractivity contribution in [2.24, 2.45) is 7.05 Å². The molecule has 1 amide bonds. The van der Waals surface area contributed by atoms with Crippen LogP contribution in [0.25, 0.3) is 0 Å². The Kier molecular flexibility index (Phi) is 7.16. The van der Waals surface area contributed by atoms with Crippen LogP contribution >= 0.6 is 0 Å². The zero-order valence-corrected chi connectivity index (χ0v) is 18.8. The quantitative estimate of drug-likeness (QED) is 0.505. The maximum atomic E-state index is 12.7. The van der Waals surface area contributed by atoms with Crippen molar-refractivity contribution < 1.29 is 27.8 Å². The van der Waals surface area contributed by atoms with Gasteiger partial charge in [0.25, 0.3) is 5.91 Å². The lowest BCUT2D eigenvalue weighted by atomic mass is 10.2. The molecule has 0 aliphatic heterocycles. The second-order valence-electron chi connectivity index (χ2n) is 7.11. The second-order valence-corrected chi connectivity index (χ2v) is 9.39. The standard InChI is InChI=1S/C22H25N3O6S/c1-4-32(28,29)20-7-5-17(6-8-20)31-19-12-16(11-18(13-19)30-15(2)14-26)22(27)23-21-9-10-25(3)24-21/h5-13,15,26H,4,14H2,1-3H3,(H,23,24,27). The third kappa shape index (κ3) is 5.86. The average Bonchev–Trinajstić information content (AvgIpc) is 3.18. The first-order valence-electron chi connectivity index (χ1n) is 9.94. The Morgan fingerprint density at radius 3 is 2.41 bits per heavy atom. The Hall–Kier alpha value is -3.37. The first-order chi connectivity index (χ1) is 15.2. The van der Waals surface area contributed by atoms with E-state index in [9.17, 15) is 18.3 Å². The van der Waals surface area contributed by atoms with Crippen LogP contribution < -0.4 is 14.8 Å². The molecule has 0 aliphatic rings. The van der Waals surface area contributed by atoms with Crippen molar-refractivity contribution in [1.82, 2.24) is 9.78 Å². The van der Waals surface area contributed by atoms with Gasteiger partial charge in [-0.15, -0.1) is 0 Å². The topological polar surface area (TPSA) is 120 Å². The van der Waals surface area contributed by atoms with Gasteiger partial charge in [0, 0.05) is 30.9 Å². The third-order valence-electron chi connectivity index (χ3n) is 4.49. The maximum Gasteiger partial charge on any atom is 0.257 e. The van der Waals surface area contributed by atoms with E-state index in [4.69, 9.17) is 9.47 Å². The smallest absolute Gasteiger partial charge is 0.257 e. The molecule has 0 bridgehead atoms. The Balaban J connectivity index is 1.87. The van der Waals surface area contributed by atoms with Gasteiger partial charge < -0.3 is 19.9 Å². The molecule has 0 aliphatic carbocycles. The molecule has 10 heteroatoms. The predicted octanol–water partition coefficient (Wildman–Crippen LogP) is 3.02. The molecule has 2 aromatic carbocycles. The van der Waals surface area contributed by atoms with Gasteiger partial charge in [0.15, 0.2) is 15.7 Å². The van der Waals surface area contributed by atoms with Crippen molar-refractivity contribution in [3.8, 4) is 17.2 Å². The summed E-state index contributed by atoms with van der Waals surface area (Å²) in [5, 5.41) is 16.1. The van der Waals surface area contributed by atoms with E-state index >= 15 is 0 Å². The molecule has 3 aromatic rings. The number of hydrogen-bond donors (Lipinski definition) is 2. The summed E-state index contributed by atoms with van der Waals surface area (Å²) in [7, 11) is -1.58. The number of nitrogens with zero attached hydrogens (tertiary/aromatic N) is 2. The number of hydrogen-bond acceptors (Lipinski definition) is 7. The van der Waals surface area contributed by atoms with Crippen molar-refractivity contribution in [2.75, 3.05) is 17.7 Å². The number of anilines is 1. The number of aliphatic hydroxyl groups excluding tert-OH is 1. The number of amides is 1. The van der Waals surface area contributed by atoms with Gasteiger partial charge in [0.1, 0.15) is 23.4 Å². The monoisotopic (exact) mass is 459 g/mol. The summed E-state index contributed by atoms with van der Waals surface area (Å²) in [4.78, 5) is 12.9. The highest BCUT2D eigenvalue weighted by Crippen LogP contribution is 2.29. The van der Waals surface area contributed by atoms with Crippen LogP contribution in [0.3, 0.4) is 0 Å². The molecule has 170 valence electrons. The Morgan fingerprint density at radius 2 is 1.81 bits per heavy atom. The lowest BCUT2D eigenvalue weighted by Crippen LogP contribution is -2.17. The summed E-state index contributed by atoms with van der Waals surface area (Å²) in [6.45, 7) is 3.07. The number of rotatable bonds is 9. The van der Waals surface area contributed by atoms with Gasteiger partial charge in [-0.05, 0) is 43.3 Å². The van der Waals surface area contributed by atoms with Gasteiger partial charge in [0.2, 0.25) is 0 Å². The predicted molar refractivity (Wildman–Crippen MR) is 119 cm³/mol. The van der Waals surface area contributed by atoms with Crippen molar-refractivity contribution in [3.63, 3.8) is 0 Å². The summed E-state index contributed by atoms with van der Waals surface area (Å²) < 4.78 is 37.0. The Bertz CT molecular complexity index is 1190. The van der Waals surface area contributed by atoms with Crippen LogP contribution in [0.5, 0.6) is 17.2 Å². The normalized spacial score (nSPS) is 12.2. The van der Waals surface area contributed by atoms with E-state index in [0.29, 0.717) is 23.1 Å². The summed E-state index contributed by atoms with van der Waals surface area (Å²) in [6.07, 6.45) is 1.21. The highest BCUT2D eigenvalue weighted by atomic mass is 32.2. The average molecular weight is 460 g/mol. The number of sulfone groups is 1. The Labute approximate surface area is 186 Å². The number of carbonyl (C=O) groups is 1. The van der Waals surface area contributed by atoms with E-state index in [2.05, 4.69) is 10.4 Å². The first-order valence-corrected chi connectivity index (χ1v) is 11.6. The van der Waals surface area contributed by atoms with Gasteiger partial charge in [-0.25, -0.2) is 8.42 Å². The van der Waals surface area contributed by atoms with Gasteiger partial charge >= 0.3 is 0 Å². The number of ether oxygens (including phenoxy) is 2. The fourth-order valence-corrected chi connectivity index (χ4v) is 3.67. The third-order valence-corrected chi connectivity index (χ3v) is 6.24. The SMILES string of the molecule is CCS(=O)(=O)c1ccc(Oc2cc(OC(C)CO)cc(C(=O)Nc3ccn(C)n3)c2)cc1. The summed E-state index contributed by atoms with van der Waals surface area (Å²) in [5.41, 5.74) is 0.262. The minimum Gasteiger partial charge on any atom is -0.488 e. The minimum atomic E-state index is -3.32. The fraction of sp³-hybridized carbons (Fsp3) is 0.273. The van der Waals surface area contributed by atoms with Crippen LogP contribution in [0.1, 0.15) is 24.2 Å². The molecule has 9 nitrogen and oxygen atoms in total. The highest BCUT2D eigenvalue weighted by Gasteiger charge is 2.15. The zero-order valence-electron chi connectivity index (χ0n) is 18.0. The van der Waals surface area contributed by atoms with E-state index in [-0.39, 0.29) is 22.8 Å². The van der Waals surface area contributed by atoms with Crippen molar-refractivity contribution in [2.45, 2.75) is 24.8 Å². The van der Waals surface area contributed by atoms with Crippen molar-refractivity contribution in [1.29, 1.82) is 0 Å². The lowest BCUT2D eigenvalue weighted by molar-refractivity contribution is 0.102. The number of aliphatic hydroxyl groups is 1. The van der Waals surface area contributed by atoms with Gasteiger partial charge in [-0.1, -0.05) is 6.92 Å². The minimum absolute atomic E-state index is 0.00434. The number of aryl methyl sites for hydroxylation is 1. The van der Waals surface area contributed by atoms with Crippen LogP contribution in [-0.4, -0.2) is 47.7 Å². The van der Waals surface area contributed by atoms with E-state index in [1.807, 2.05) is 0 Å². The maximum absolute atomic E-state index is 12.7. The van der Waals surface area contributed by atoms with Crippen LogP contribution in [0.2, 0.25) is 0 Å². The molecule has 1 aromatic heterocycles. The Morgan fingerprint density at radius 1 is 1.12 bits per heavy atom. The molecule has 1 unspecified atom stereocenters. The number of carbonyl (C=O) groups excluding carboxylic acids is 1. The number of benzene rings is 2. The fourth-order valence-electron chi connectivity index (χ4n) is 2.79. The molecule has 0 saturated heterocycles. The molecule has 0 fully saturated rings. The van der Waals surface area contributed by atoms with E-state index in [1.54, 1.807) is 56.0 Å². The molecular formula is C22H25N3O6S. The first kappa shape index (κ1) is 23.3. The van der Waals surface area contributed by atoms with Crippen LogP contribution in [-0.2, 0) is 16.9 Å². The molecule has 0 spiro atoms. The molecule has 3 rings (SSSR count). The van der Waals surface area contributed by atoms with E-state index in [1.165, 1.54) is 24.3 Å². The number of nitrogens with one attached hydrogen (secondary N) is 1. The summed E-state index contributed by atoms with van der Waals surface area (Å²) >= 11 is 0. The summed E-state index contributed by atoms with van der Waals surface area (Å²) in [6, 6.07) is 12.3. The molecule has 32 heavy (non-hydrogen) atoms. The number of aromatic nitrogens is 2. The molecule has 1 atom stereocenters. The van der Waals surface area contributed by atoms with Crippen molar-refractivity contribution in [3.05, 3.63) is 60.3 Å². The lowest BCUT2D eigenvalue weighted by Gasteiger charge is -2.15. The van der Waals surface area contributed by atoms with Gasteiger partial charge in [-0.2, -0.15) is 5.10 Å². The second kappa shape index (κ2) is 9.84.